The first-order valence-electron chi connectivity index (χ1n) is 14.5. The first-order chi connectivity index (χ1) is 21.1. The third-order valence-electron chi connectivity index (χ3n) is 7.95. The number of anilines is 2. The zero-order chi connectivity index (χ0) is 31.5. The van der Waals surface area contributed by atoms with E-state index in [9.17, 15) is 21.6 Å². The van der Waals surface area contributed by atoms with Gasteiger partial charge in [-0.25, -0.2) is 16.8 Å². The maximum atomic E-state index is 13.9. The van der Waals surface area contributed by atoms with E-state index in [0.29, 0.717) is 48.6 Å². The van der Waals surface area contributed by atoms with Crippen molar-refractivity contribution in [3.05, 3.63) is 77.4 Å². The number of para-hydroxylation sites is 1. The van der Waals surface area contributed by atoms with Crippen LogP contribution in [0.15, 0.2) is 70.5 Å². The van der Waals surface area contributed by atoms with E-state index in [-0.39, 0.29) is 21.3 Å². The Morgan fingerprint density at radius 1 is 0.841 bits per heavy atom. The molecule has 0 saturated carbocycles. The average molecular weight is 640 g/mol. The van der Waals surface area contributed by atoms with Gasteiger partial charge in [-0.05, 0) is 79.3 Å². The third-order valence-corrected chi connectivity index (χ3v) is 11.8. The molecule has 12 heteroatoms. The minimum atomic E-state index is -4.04. The minimum Gasteiger partial charge on any atom is -0.493 e. The molecule has 0 unspecified atom stereocenters. The number of rotatable bonds is 9. The number of carbonyl (C=O) groups excluding carboxylic acids is 1. The van der Waals surface area contributed by atoms with E-state index >= 15 is 0 Å². The van der Waals surface area contributed by atoms with Crippen molar-refractivity contribution in [2.24, 2.45) is 0 Å². The van der Waals surface area contributed by atoms with Crippen LogP contribution in [0.5, 0.6) is 11.5 Å². The molecule has 0 atom stereocenters. The molecule has 44 heavy (non-hydrogen) atoms. The zero-order valence-corrected chi connectivity index (χ0v) is 26.7. The Morgan fingerprint density at radius 2 is 1.57 bits per heavy atom. The number of hydrogen-bond donors (Lipinski definition) is 1. The van der Waals surface area contributed by atoms with Crippen molar-refractivity contribution >= 4 is 43.4 Å². The van der Waals surface area contributed by atoms with Gasteiger partial charge in [0.2, 0.25) is 15.9 Å². The molecule has 0 aliphatic carbocycles. The van der Waals surface area contributed by atoms with Gasteiger partial charge in [0, 0.05) is 31.4 Å². The summed E-state index contributed by atoms with van der Waals surface area (Å²) in [5, 5.41) is 2.73. The monoisotopic (exact) mass is 639 g/mol. The molecule has 1 N–H and O–H groups in total. The lowest BCUT2D eigenvalue weighted by Gasteiger charge is -2.22. The summed E-state index contributed by atoms with van der Waals surface area (Å²) in [6, 6.07) is 15.2. The lowest BCUT2D eigenvalue weighted by atomic mass is 10.2. The number of benzene rings is 3. The normalized spacial score (nSPS) is 16.0. The molecule has 1 saturated heterocycles. The Kier molecular flexibility index (Phi) is 9.33. The van der Waals surface area contributed by atoms with Crippen molar-refractivity contribution in [1.82, 2.24) is 4.31 Å². The fourth-order valence-electron chi connectivity index (χ4n) is 5.65. The summed E-state index contributed by atoms with van der Waals surface area (Å²) in [5.41, 5.74) is 2.89. The molecule has 0 bridgehead atoms. The van der Waals surface area contributed by atoms with Crippen LogP contribution in [0.2, 0.25) is 0 Å². The molecular weight excluding hydrogens is 603 g/mol. The van der Waals surface area contributed by atoms with Crippen LogP contribution in [0, 0.1) is 6.92 Å². The van der Waals surface area contributed by atoms with Gasteiger partial charge in [-0.2, -0.15) is 4.31 Å². The standard InChI is InChI=1S/C32H37N3O7S2/c1-23-12-14-26(22-29(23)43(37,38)34-17-8-4-5-9-18-34)33-31(36)15-13-24-20-28(41-2)32(42-3)30(21-24)44(39,40)35-19-16-25-10-6-7-11-27(25)35/h6-7,10-15,20-22H,4-5,8-9,16-19H2,1-3H3,(H,33,36). The fraction of sp³-hybridized carbons (Fsp3) is 0.344. The van der Waals surface area contributed by atoms with Crippen molar-refractivity contribution in [1.29, 1.82) is 0 Å². The molecule has 3 aromatic carbocycles. The predicted molar refractivity (Wildman–Crippen MR) is 170 cm³/mol. The topological polar surface area (TPSA) is 122 Å². The summed E-state index contributed by atoms with van der Waals surface area (Å²) in [6.07, 6.45) is 6.98. The summed E-state index contributed by atoms with van der Waals surface area (Å²) in [6.45, 7) is 2.99. The number of aryl methyl sites for hydroxylation is 1. The van der Waals surface area contributed by atoms with Crippen LogP contribution in [-0.2, 0) is 31.3 Å². The lowest BCUT2D eigenvalue weighted by Crippen LogP contribution is -2.32. The highest BCUT2D eigenvalue weighted by molar-refractivity contribution is 7.93. The molecule has 2 heterocycles. The van der Waals surface area contributed by atoms with E-state index in [4.69, 9.17) is 9.47 Å². The Labute approximate surface area is 259 Å². The second-order valence-electron chi connectivity index (χ2n) is 10.8. The molecule has 0 aromatic heterocycles. The lowest BCUT2D eigenvalue weighted by molar-refractivity contribution is -0.111. The van der Waals surface area contributed by atoms with E-state index in [2.05, 4.69) is 5.32 Å². The summed E-state index contributed by atoms with van der Waals surface area (Å²) in [4.78, 5) is 13.0. The van der Waals surface area contributed by atoms with Crippen LogP contribution >= 0.6 is 0 Å². The Hall–Kier alpha value is -3.87. The van der Waals surface area contributed by atoms with Crippen molar-refractivity contribution in [3.63, 3.8) is 0 Å². The smallest absolute Gasteiger partial charge is 0.268 e. The van der Waals surface area contributed by atoms with Gasteiger partial charge in [-0.1, -0.05) is 37.1 Å². The average Bonchev–Trinajstić information content (AvgIpc) is 3.26. The number of methoxy groups -OCH3 is 2. The summed E-state index contributed by atoms with van der Waals surface area (Å²) < 4.78 is 68.4. The maximum absolute atomic E-state index is 13.9. The second kappa shape index (κ2) is 13.0. The second-order valence-corrected chi connectivity index (χ2v) is 14.6. The molecule has 1 amide bonds. The number of carbonyl (C=O) groups is 1. The van der Waals surface area contributed by atoms with Crippen LogP contribution in [0.4, 0.5) is 11.4 Å². The van der Waals surface area contributed by atoms with Gasteiger partial charge in [0.05, 0.1) is 24.8 Å². The quantitative estimate of drug-likeness (QED) is 0.328. The zero-order valence-electron chi connectivity index (χ0n) is 25.1. The molecule has 1 fully saturated rings. The first-order valence-corrected chi connectivity index (χ1v) is 17.4. The molecule has 2 aliphatic rings. The molecule has 10 nitrogen and oxygen atoms in total. The Balaban J connectivity index is 1.40. The van der Waals surface area contributed by atoms with E-state index in [1.54, 1.807) is 37.3 Å². The van der Waals surface area contributed by atoms with Crippen molar-refractivity contribution < 1.29 is 31.1 Å². The SMILES string of the molecule is COc1cc(C=CC(=O)Nc2ccc(C)c(S(=O)(=O)N3CCCCCC3)c2)cc(S(=O)(=O)N2CCc3ccccc32)c1OC. The van der Waals surface area contributed by atoms with Crippen LogP contribution in [-0.4, -0.2) is 60.9 Å². The van der Waals surface area contributed by atoms with Gasteiger partial charge in [0.1, 0.15) is 4.90 Å². The van der Waals surface area contributed by atoms with Gasteiger partial charge >= 0.3 is 0 Å². The van der Waals surface area contributed by atoms with Gasteiger partial charge in [-0.15, -0.1) is 0 Å². The highest BCUT2D eigenvalue weighted by Gasteiger charge is 2.34. The van der Waals surface area contributed by atoms with E-state index in [0.717, 1.165) is 31.2 Å². The molecule has 0 radical (unpaired) electrons. The molecule has 234 valence electrons. The third kappa shape index (κ3) is 6.33. The summed E-state index contributed by atoms with van der Waals surface area (Å²) in [5.74, 6) is -0.251. The fourth-order valence-corrected chi connectivity index (χ4v) is 9.12. The van der Waals surface area contributed by atoms with Gasteiger partial charge in [0.15, 0.2) is 11.5 Å². The molecular formula is C32H37N3O7S2. The van der Waals surface area contributed by atoms with E-state index in [1.165, 1.54) is 47.1 Å². The number of fused-ring (bicyclic) bond motifs is 1. The molecule has 5 rings (SSSR count). The van der Waals surface area contributed by atoms with Gasteiger partial charge < -0.3 is 14.8 Å². The minimum absolute atomic E-state index is 0.0660. The highest BCUT2D eigenvalue weighted by atomic mass is 32.2. The first kappa shape index (κ1) is 31.6. The molecule has 3 aromatic rings. The Bertz CT molecular complexity index is 1800. The maximum Gasteiger partial charge on any atom is 0.268 e. The van der Waals surface area contributed by atoms with E-state index in [1.807, 2.05) is 12.1 Å². The van der Waals surface area contributed by atoms with Gasteiger partial charge in [0.25, 0.3) is 10.0 Å². The number of amides is 1. The summed E-state index contributed by atoms with van der Waals surface area (Å²) in [7, 11) is -4.96. The molecule has 2 aliphatic heterocycles. The van der Waals surface area contributed by atoms with Gasteiger partial charge in [-0.3, -0.25) is 9.10 Å². The van der Waals surface area contributed by atoms with Crippen LogP contribution in [0.25, 0.3) is 6.08 Å². The predicted octanol–water partition coefficient (Wildman–Crippen LogP) is 4.98. The number of ether oxygens (including phenoxy) is 2. The van der Waals surface area contributed by atoms with Crippen LogP contribution in [0.3, 0.4) is 0 Å². The Morgan fingerprint density at radius 3 is 2.27 bits per heavy atom. The molecule has 0 spiro atoms. The number of nitrogens with one attached hydrogen (secondary N) is 1. The summed E-state index contributed by atoms with van der Waals surface area (Å²) >= 11 is 0. The van der Waals surface area contributed by atoms with Crippen molar-refractivity contribution in [2.75, 3.05) is 43.5 Å². The number of hydrogen-bond acceptors (Lipinski definition) is 7. The van der Waals surface area contributed by atoms with Crippen LogP contribution < -0.4 is 19.1 Å². The van der Waals surface area contributed by atoms with E-state index < -0.39 is 26.0 Å². The highest BCUT2D eigenvalue weighted by Crippen LogP contribution is 2.40. The number of nitrogens with zero attached hydrogens (tertiary/aromatic N) is 2. The number of sulfonamides is 2. The van der Waals surface area contributed by atoms with Crippen LogP contribution in [0.1, 0.15) is 42.4 Å². The van der Waals surface area contributed by atoms with Crippen molar-refractivity contribution in [2.45, 2.75) is 48.8 Å². The van der Waals surface area contributed by atoms with Crippen molar-refractivity contribution in [3.8, 4) is 11.5 Å². The largest absolute Gasteiger partial charge is 0.493 e.